The molecule has 0 saturated carbocycles. The van der Waals surface area contributed by atoms with Gasteiger partial charge in [0, 0.05) is 6.04 Å². The van der Waals surface area contributed by atoms with Crippen LogP contribution in [0.2, 0.25) is 0 Å². The van der Waals surface area contributed by atoms with Crippen molar-refractivity contribution in [2.75, 3.05) is 12.0 Å². The summed E-state index contributed by atoms with van der Waals surface area (Å²) in [6.07, 6.45) is 3.31. The molecule has 0 aromatic heterocycles. The molecule has 0 aliphatic rings. The third-order valence-electron chi connectivity index (χ3n) is 2.44. The molecule has 0 fully saturated rings. The molecule has 2 atom stereocenters. The highest BCUT2D eigenvalue weighted by Crippen LogP contribution is 2.05. The molecule has 0 aliphatic heterocycles. The fourth-order valence-corrected chi connectivity index (χ4v) is 2.07. The Morgan fingerprint density at radius 2 is 1.83 bits per heavy atom. The third-order valence-corrected chi connectivity index (χ3v) is 3.09. The highest BCUT2D eigenvalue weighted by Gasteiger charge is 2.21. The second kappa shape index (κ2) is 9.08. The Morgan fingerprint density at radius 3 is 2.28 bits per heavy atom. The Morgan fingerprint density at radius 1 is 1.22 bits per heavy atom. The number of nitrogens with one attached hydrogen (secondary N) is 2. The van der Waals surface area contributed by atoms with E-state index in [1.165, 1.54) is 0 Å². The normalized spacial score (nSPS) is 14.1. The summed E-state index contributed by atoms with van der Waals surface area (Å²) in [7, 11) is 0. The molecule has 5 nitrogen and oxygen atoms in total. The highest BCUT2D eigenvalue weighted by atomic mass is 32.2. The van der Waals surface area contributed by atoms with Gasteiger partial charge in [-0.05, 0) is 37.7 Å². The molecule has 2 amide bonds. The van der Waals surface area contributed by atoms with Gasteiger partial charge in [-0.3, -0.25) is 0 Å². The van der Waals surface area contributed by atoms with E-state index in [1.54, 1.807) is 11.8 Å². The second-order valence-electron chi connectivity index (χ2n) is 4.82. The van der Waals surface area contributed by atoms with Crippen molar-refractivity contribution in [2.24, 2.45) is 5.92 Å². The maximum absolute atomic E-state index is 11.6. The number of urea groups is 1. The number of hydrogen-bond acceptors (Lipinski definition) is 3. The molecule has 0 aromatic carbocycles. The number of amides is 2. The van der Waals surface area contributed by atoms with Crippen LogP contribution in [0.1, 0.15) is 33.6 Å². The Labute approximate surface area is 113 Å². The number of hydrogen-bond donors (Lipinski definition) is 3. The molecule has 1 unspecified atom stereocenters. The van der Waals surface area contributed by atoms with Gasteiger partial charge in [0.15, 0.2) is 0 Å². The maximum atomic E-state index is 11.6. The van der Waals surface area contributed by atoms with Crippen LogP contribution in [-0.2, 0) is 4.79 Å². The van der Waals surface area contributed by atoms with Crippen LogP contribution >= 0.6 is 11.8 Å². The molecule has 0 saturated heterocycles. The van der Waals surface area contributed by atoms with Crippen molar-refractivity contribution in [3.8, 4) is 0 Å². The van der Waals surface area contributed by atoms with Crippen molar-refractivity contribution < 1.29 is 14.7 Å². The minimum Gasteiger partial charge on any atom is -0.480 e. The lowest BCUT2D eigenvalue weighted by Gasteiger charge is -2.19. The van der Waals surface area contributed by atoms with Crippen molar-refractivity contribution in [3.63, 3.8) is 0 Å². The Kier molecular flexibility index (Phi) is 8.62. The monoisotopic (exact) mass is 276 g/mol. The number of carboxylic acid groups (broad SMARTS) is 1. The standard InChI is InChI=1S/C12H24N2O3S/c1-8(2)7-10(11(15)16)14-12(17)13-9(3)5-6-18-4/h8-10H,5-7H2,1-4H3,(H,15,16)(H2,13,14,17)/t9?,10-/m1/s1. The number of carbonyl (C=O) groups excluding carboxylic acids is 1. The van der Waals surface area contributed by atoms with Gasteiger partial charge in [-0.15, -0.1) is 0 Å². The van der Waals surface area contributed by atoms with E-state index in [0.29, 0.717) is 6.42 Å². The summed E-state index contributed by atoms with van der Waals surface area (Å²) in [5.41, 5.74) is 0. The van der Waals surface area contributed by atoms with E-state index in [9.17, 15) is 9.59 Å². The number of aliphatic carboxylic acids is 1. The number of thioether (sulfide) groups is 1. The largest absolute Gasteiger partial charge is 0.480 e. The molecule has 6 heteroatoms. The molecule has 0 heterocycles. The van der Waals surface area contributed by atoms with Crippen molar-refractivity contribution in [2.45, 2.75) is 45.7 Å². The minimum atomic E-state index is -0.990. The molecular formula is C12H24N2O3S. The van der Waals surface area contributed by atoms with E-state index in [1.807, 2.05) is 27.0 Å². The summed E-state index contributed by atoms with van der Waals surface area (Å²) in [5.74, 6) is 0.200. The van der Waals surface area contributed by atoms with Crippen LogP contribution in [0.15, 0.2) is 0 Å². The van der Waals surface area contributed by atoms with Crippen LogP contribution in [0, 0.1) is 5.92 Å². The highest BCUT2D eigenvalue weighted by molar-refractivity contribution is 7.98. The number of rotatable bonds is 8. The van der Waals surface area contributed by atoms with Crippen molar-refractivity contribution >= 4 is 23.8 Å². The van der Waals surface area contributed by atoms with Crippen LogP contribution in [0.5, 0.6) is 0 Å². The van der Waals surface area contributed by atoms with E-state index in [4.69, 9.17) is 5.11 Å². The first kappa shape index (κ1) is 17.1. The molecular weight excluding hydrogens is 252 g/mol. The summed E-state index contributed by atoms with van der Waals surface area (Å²) >= 11 is 1.72. The fourth-order valence-electron chi connectivity index (χ4n) is 1.48. The average Bonchev–Trinajstić information content (AvgIpc) is 2.24. The molecule has 0 aromatic rings. The SMILES string of the molecule is CSCCC(C)NC(=O)N[C@H](CC(C)C)C(=O)O. The van der Waals surface area contributed by atoms with Crippen LogP contribution in [0.4, 0.5) is 4.79 Å². The lowest BCUT2D eigenvalue weighted by Crippen LogP contribution is -2.48. The zero-order valence-electron chi connectivity index (χ0n) is 11.5. The number of carbonyl (C=O) groups is 2. The summed E-state index contributed by atoms with van der Waals surface area (Å²) in [4.78, 5) is 22.6. The molecule has 106 valence electrons. The minimum absolute atomic E-state index is 0.0472. The van der Waals surface area contributed by atoms with Gasteiger partial charge in [-0.1, -0.05) is 13.8 Å². The second-order valence-corrected chi connectivity index (χ2v) is 5.81. The van der Waals surface area contributed by atoms with Crippen LogP contribution in [-0.4, -0.2) is 41.2 Å². The average molecular weight is 276 g/mol. The molecule has 18 heavy (non-hydrogen) atoms. The third kappa shape index (κ3) is 8.22. The van der Waals surface area contributed by atoms with Gasteiger partial charge in [-0.2, -0.15) is 11.8 Å². The first-order valence-corrected chi connectivity index (χ1v) is 7.55. The van der Waals surface area contributed by atoms with Gasteiger partial charge >= 0.3 is 12.0 Å². The van der Waals surface area contributed by atoms with E-state index >= 15 is 0 Å². The fraction of sp³-hybridized carbons (Fsp3) is 0.833. The van der Waals surface area contributed by atoms with Crippen molar-refractivity contribution in [1.29, 1.82) is 0 Å². The summed E-state index contributed by atoms with van der Waals surface area (Å²) in [5, 5.41) is 14.2. The van der Waals surface area contributed by atoms with Gasteiger partial charge < -0.3 is 15.7 Å². The smallest absolute Gasteiger partial charge is 0.326 e. The quantitative estimate of drug-likeness (QED) is 0.633. The van der Waals surface area contributed by atoms with Crippen LogP contribution < -0.4 is 10.6 Å². The zero-order chi connectivity index (χ0) is 14.1. The van der Waals surface area contributed by atoms with Gasteiger partial charge in [0.05, 0.1) is 0 Å². The van der Waals surface area contributed by atoms with E-state index in [0.717, 1.165) is 12.2 Å². The van der Waals surface area contributed by atoms with Crippen molar-refractivity contribution in [3.05, 3.63) is 0 Å². The van der Waals surface area contributed by atoms with Gasteiger partial charge in [-0.25, -0.2) is 9.59 Å². The lowest BCUT2D eigenvalue weighted by atomic mass is 10.0. The van der Waals surface area contributed by atoms with Crippen LogP contribution in [0.3, 0.4) is 0 Å². The summed E-state index contributed by atoms with van der Waals surface area (Å²) < 4.78 is 0. The zero-order valence-corrected chi connectivity index (χ0v) is 12.3. The predicted molar refractivity (Wildman–Crippen MR) is 75.0 cm³/mol. The maximum Gasteiger partial charge on any atom is 0.326 e. The van der Waals surface area contributed by atoms with Crippen LogP contribution in [0.25, 0.3) is 0 Å². The topological polar surface area (TPSA) is 78.4 Å². The van der Waals surface area contributed by atoms with Gasteiger partial charge in [0.1, 0.15) is 6.04 Å². The molecule has 0 bridgehead atoms. The number of carboxylic acids is 1. The Bertz CT molecular complexity index is 272. The van der Waals surface area contributed by atoms with Gasteiger partial charge in [0.25, 0.3) is 0 Å². The molecule has 3 N–H and O–H groups in total. The predicted octanol–water partition coefficient (Wildman–Crippen LogP) is 1.93. The summed E-state index contributed by atoms with van der Waals surface area (Å²) in [6, 6.07) is -1.18. The van der Waals surface area contributed by atoms with E-state index in [2.05, 4.69) is 10.6 Å². The first-order chi connectivity index (χ1) is 8.36. The van der Waals surface area contributed by atoms with E-state index < -0.39 is 18.0 Å². The summed E-state index contributed by atoms with van der Waals surface area (Å²) in [6.45, 7) is 5.77. The molecule has 0 spiro atoms. The lowest BCUT2D eigenvalue weighted by molar-refractivity contribution is -0.139. The first-order valence-electron chi connectivity index (χ1n) is 6.15. The molecule has 0 rings (SSSR count). The molecule has 0 radical (unpaired) electrons. The Balaban J connectivity index is 4.13. The van der Waals surface area contributed by atoms with Gasteiger partial charge in [0.2, 0.25) is 0 Å². The van der Waals surface area contributed by atoms with Crippen molar-refractivity contribution in [1.82, 2.24) is 10.6 Å². The molecule has 0 aliphatic carbocycles. The van der Waals surface area contributed by atoms with E-state index in [-0.39, 0.29) is 12.0 Å². The Hall–Kier alpha value is -0.910.